The minimum Gasteiger partial charge on any atom is -0.495 e. The van der Waals surface area contributed by atoms with E-state index in [0.717, 1.165) is 6.07 Å². The molecule has 1 aromatic rings. The predicted molar refractivity (Wildman–Crippen MR) is 107 cm³/mol. The van der Waals surface area contributed by atoms with Crippen LogP contribution in [0, 0.1) is 11.8 Å². The van der Waals surface area contributed by atoms with Gasteiger partial charge in [0.15, 0.2) is 0 Å². The molecule has 2 heterocycles. The Hall–Kier alpha value is -2.18. The monoisotopic (exact) mass is 460 g/mol. The van der Waals surface area contributed by atoms with Gasteiger partial charge in [-0.2, -0.15) is 4.31 Å². The minimum absolute atomic E-state index is 0.0333. The van der Waals surface area contributed by atoms with Crippen LogP contribution < -0.4 is 9.04 Å². The number of anilines is 1. The summed E-state index contributed by atoms with van der Waals surface area (Å²) < 4.78 is 63.1. The van der Waals surface area contributed by atoms with Gasteiger partial charge in [0, 0.05) is 13.1 Å². The van der Waals surface area contributed by atoms with E-state index in [9.17, 15) is 26.4 Å². The number of piperidine rings is 1. The minimum atomic E-state index is -4.06. The third kappa shape index (κ3) is 3.91. The average molecular weight is 461 g/mol. The van der Waals surface area contributed by atoms with E-state index in [1.165, 1.54) is 37.6 Å². The Labute approximate surface area is 175 Å². The molecule has 0 aliphatic carbocycles. The maximum Gasteiger partial charge on any atom is 0.308 e. The number of sulfonamides is 2. The number of hydrogen-bond donors (Lipinski definition) is 0. The van der Waals surface area contributed by atoms with E-state index in [-0.39, 0.29) is 47.1 Å². The van der Waals surface area contributed by atoms with Crippen LogP contribution in [0.15, 0.2) is 23.1 Å². The van der Waals surface area contributed by atoms with Gasteiger partial charge >= 0.3 is 5.97 Å². The molecule has 2 aliphatic rings. The first kappa shape index (κ1) is 22.5. The number of methoxy groups -OCH3 is 2. The zero-order valence-corrected chi connectivity index (χ0v) is 18.5. The standard InChI is InChI=1S/C18H24N2O8S2/c1-12-11-29(23,24)20(17(12)21)14-4-5-15(27-2)16(10-14)30(25,26)19-8-6-13(7-9-19)18(22)28-3/h4-5,10,12-13H,6-9,11H2,1-3H3. The van der Waals surface area contributed by atoms with Gasteiger partial charge in [-0.05, 0) is 31.0 Å². The van der Waals surface area contributed by atoms with Crippen molar-refractivity contribution in [1.29, 1.82) is 0 Å². The SMILES string of the molecule is COC(=O)C1CCN(S(=O)(=O)c2cc(N3C(=O)C(C)CS3(=O)=O)ccc2OC)CC1. The quantitative estimate of drug-likeness (QED) is 0.584. The Morgan fingerprint density at radius 1 is 1.17 bits per heavy atom. The number of carbonyl (C=O) groups is 2. The van der Waals surface area contributed by atoms with E-state index in [2.05, 4.69) is 0 Å². The molecule has 30 heavy (non-hydrogen) atoms. The fourth-order valence-corrected chi connectivity index (χ4v) is 7.18. The Balaban J connectivity index is 1.96. The van der Waals surface area contributed by atoms with Crippen LogP contribution in [0.3, 0.4) is 0 Å². The van der Waals surface area contributed by atoms with Crippen molar-refractivity contribution in [3.8, 4) is 5.75 Å². The topological polar surface area (TPSA) is 127 Å². The molecule has 2 saturated heterocycles. The summed E-state index contributed by atoms with van der Waals surface area (Å²) in [7, 11) is -5.35. The fourth-order valence-electron chi connectivity index (χ4n) is 3.72. The molecular weight excluding hydrogens is 436 g/mol. The van der Waals surface area contributed by atoms with Crippen LogP contribution in [-0.2, 0) is 34.4 Å². The smallest absolute Gasteiger partial charge is 0.308 e. The van der Waals surface area contributed by atoms with Gasteiger partial charge in [0.1, 0.15) is 10.6 Å². The lowest BCUT2D eigenvalue weighted by Crippen LogP contribution is -2.40. The molecule has 2 aliphatic heterocycles. The van der Waals surface area contributed by atoms with Crippen molar-refractivity contribution in [2.75, 3.05) is 37.4 Å². The van der Waals surface area contributed by atoms with Crippen molar-refractivity contribution in [1.82, 2.24) is 4.31 Å². The van der Waals surface area contributed by atoms with Crippen LogP contribution in [0.1, 0.15) is 19.8 Å². The van der Waals surface area contributed by atoms with Gasteiger partial charge in [-0.3, -0.25) is 9.59 Å². The molecule has 3 rings (SSSR count). The molecule has 0 bridgehead atoms. The summed E-state index contributed by atoms with van der Waals surface area (Å²) >= 11 is 0. The zero-order chi connectivity index (χ0) is 22.3. The van der Waals surface area contributed by atoms with Crippen LogP contribution in [0.5, 0.6) is 5.75 Å². The molecule has 1 atom stereocenters. The largest absolute Gasteiger partial charge is 0.495 e. The molecule has 0 aromatic heterocycles. The predicted octanol–water partition coefficient (Wildman–Crippen LogP) is 0.581. The Morgan fingerprint density at radius 3 is 2.30 bits per heavy atom. The molecule has 10 nitrogen and oxygen atoms in total. The molecule has 0 N–H and O–H groups in total. The molecule has 12 heteroatoms. The summed E-state index contributed by atoms with van der Waals surface area (Å²) in [6.07, 6.45) is 0.620. The second-order valence-electron chi connectivity index (χ2n) is 7.32. The Kier molecular flexibility index (Phi) is 6.12. The van der Waals surface area contributed by atoms with Crippen molar-refractivity contribution in [2.24, 2.45) is 11.8 Å². The van der Waals surface area contributed by atoms with Gasteiger partial charge in [0.25, 0.3) is 0 Å². The lowest BCUT2D eigenvalue weighted by atomic mass is 9.99. The highest BCUT2D eigenvalue weighted by atomic mass is 32.2. The number of amides is 1. The first-order valence-electron chi connectivity index (χ1n) is 9.35. The molecule has 0 spiro atoms. The number of hydrogen-bond acceptors (Lipinski definition) is 8. The van der Waals surface area contributed by atoms with Crippen molar-refractivity contribution in [2.45, 2.75) is 24.7 Å². The summed E-state index contributed by atoms with van der Waals surface area (Å²) in [6.45, 7) is 1.72. The maximum absolute atomic E-state index is 13.3. The van der Waals surface area contributed by atoms with E-state index in [1.54, 1.807) is 0 Å². The Morgan fingerprint density at radius 2 is 1.80 bits per heavy atom. The lowest BCUT2D eigenvalue weighted by molar-refractivity contribution is -0.146. The van der Waals surface area contributed by atoms with E-state index in [4.69, 9.17) is 9.47 Å². The second-order valence-corrected chi connectivity index (χ2v) is 11.1. The molecule has 0 saturated carbocycles. The molecule has 1 aromatic carbocycles. The Bertz CT molecular complexity index is 1060. The second kappa shape index (κ2) is 8.16. The first-order valence-corrected chi connectivity index (χ1v) is 12.4. The highest BCUT2D eigenvalue weighted by Crippen LogP contribution is 2.36. The third-order valence-corrected chi connectivity index (χ3v) is 9.14. The van der Waals surface area contributed by atoms with E-state index >= 15 is 0 Å². The molecule has 1 amide bonds. The first-order chi connectivity index (χ1) is 14.0. The van der Waals surface area contributed by atoms with Crippen LogP contribution in [0.4, 0.5) is 5.69 Å². The number of benzene rings is 1. The van der Waals surface area contributed by atoms with Crippen molar-refractivity contribution in [3.63, 3.8) is 0 Å². The number of rotatable bonds is 5. The molecular formula is C18H24N2O8S2. The zero-order valence-electron chi connectivity index (χ0n) is 16.9. The third-order valence-electron chi connectivity index (χ3n) is 5.35. The van der Waals surface area contributed by atoms with E-state index in [0.29, 0.717) is 17.1 Å². The molecule has 2 fully saturated rings. The average Bonchev–Trinajstić information content (AvgIpc) is 2.93. The van der Waals surface area contributed by atoms with Gasteiger partial charge in [-0.15, -0.1) is 0 Å². The molecule has 166 valence electrons. The highest BCUT2D eigenvalue weighted by molar-refractivity contribution is 7.94. The highest BCUT2D eigenvalue weighted by Gasteiger charge is 2.43. The normalized spacial score (nSPS) is 22.8. The van der Waals surface area contributed by atoms with E-state index in [1.807, 2.05) is 0 Å². The number of carbonyl (C=O) groups excluding carboxylic acids is 2. The number of nitrogens with zero attached hydrogens (tertiary/aromatic N) is 2. The lowest BCUT2D eigenvalue weighted by Gasteiger charge is -2.30. The summed E-state index contributed by atoms with van der Waals surface area (Å²) in [5.41, 5.74) is -0.0480. The molecule has 0 radical (unpaired) electrons. The molecule has 1 unspecified atom stereocenters. The maximum atomic E-state index is 13.3. The number of ether oxygens (including phenoxy) is 2. The van der Waals surface area contributed by atoms with Gasteiger partial charge < -0.3 is 9.47 Å². The number of esters is 1. The summed E-state index contributed by atoms with van der Waals surface area (Å²) in [4.78, 5) is 23.8. The van der Waals surface area contributed by atoms with Crippen molar-refractivity contribution >= 4 is 37.6 Å². The fraction of sp³-hybridized carbons (Fsp3) is 0.556. The van der Waals surface area contributed by atoms with Crippen molar-refractivity contribution in [3.05, 3.63) is 18.2 Å². The summed E-state index contributed by atoms with van der Waals surface area (Å²) in [6, 6.07) is 3.82. The van der Waals surface area contributed by atoms with Gasteiger partial charge in [-0.1, -0.05) is 6.92 Å². The van der Waals surface area contributed by atoms with Crippen LogP contribution in [0.25, 0.3) is 0 Å². The van der Waals surface area contributed by atoms with Crippen LogP contribution in [0.2, 0.25) is 0 Å². The summed E-state index contributed by atoms with van der Waals surface area (Å²) in [5.74, 6) is -2.37. The van der Waals surface area contributed by atoms with Crippen LogP contribution >= 0.6 is 0 Å². The van der Waals surface area contributed by atoms with E-state index < -0.39 is 31.9 Å². The van der Waals surface area contributed by atoms with Crippen LogP contribution in [-0.4, -0.2) is 66.1 Å². The van der Waals surface area contributed by atoms with Gasteiger partial charge in [-0.25, -0.2) is 21.1 Å². The van der Waals surface area contributed by atoms with Gasteiger partial charge in [0.2, 0.25) is 26.0 Å². The summed E-state index contributed by atoms with van der Waals surface area (Å²) in [5, 5.41) is 0. The van der Waals surface area contributed by atoms with Crippen molar-refractivity contribution < 1.29 is 35.9 Å². The van der Waals surface area contributed by atoms with Gasteiger partial charge in [0.05, 0.1) is 37.5 Å².